The van der Waals surface area contributed by atoms with Crippen LogP contribution in [0.1, 0.15) is 32.1 Å². The summed E-state index contributed by atoms with van der Waals surface area (Å²) in [7, 11) is 1.58. The number of carbonyl (C=O) groups is 2. The van der Waals surface area contributed by atoms with Crippen LogP contribution in [-0.4, -0.2) is 40.6 Å². The normalized spacial score (nSPS) is 13.2. The number of ether oxygens (including phenoxy) is 1. The minimum atomic E-state index is -0.644. The van der Waals surface area contributed by atoms with Crippen LogP contribution in [0.2, 0.25) is 0 Å². The van der Waals surface area contributed by atoms with E-state index in [-0.39, 0.29) is 11.6 Å². The third kappa shape index (κ3) is 3.07. The van der Waals surface area contributed by atoms with Gasteiger partial charge in [-0.25, -0.2) is 10.5 Å². The molecule has 0 atom stereocenters. The molecule has 1 aliphatic rings. The van der Waals surface area contributed by atoms with Crippen molar-refractivity contribution in [1.82, 2.24) is 15.4 Å². The minimum Gasteiger partial charge on any atom is -0.497 e. The molecule has 3 rings (SSSR count). The number of rotatable bonds is 3. The summed E-state index contributed by atoms with van der Waals surface area (Å²) in [4.78, 5) is 30.0. The molecule has 0 radical (unpaired) electrons. The van der Waals surface area contributed by atoms with Crippen molar-refractivity contribution in [2.24, 2.45) is 0 Å². The first kappa shape index (κ1) is 15.9. The van der Waals surface area contributed by atoms with E-state index in [0.717, 1.165) is 11.3 Å². The summed E-state index contributed by atoms with van der Waals surface area (Å²) < 4.78 is 5.10. The lowest BCUT2D eigenvalue weighted by atomic mass is 10.0. The summed E-state index contributed by atoms with van der Waals surface area (Å²) in [5, 5.41) is 8.67. The van der Waals surface area contributed by atoms with Crippen LogP contribution in [-0.2, 0) is 13.0 Å². The lowest BCUT2D eigenvalue weighted by Gasteiger charge is -2.28. The first-order valence-electron chi connectivity index (χ1n) is 7.49. The lowest BCUT2D eigenvalue weighted by Crippen LogP contribution is -2.36. The maximum Gasteiger partial charge on any atom is 0.293 e. The monoisotopic (exact) mass is 327 g/mol. The molecule has 0 fully saturated rings. The number of aromatic nitrogens is 1. The Morgan fingerprint density at radius 1 is 1.21 bits per heavy atom. The summed E-state index contributed by atoms with van der Waals surface area (Å²) in [6.45, 7) is 0.962. The molecule has 2 heterocycles. The Labute approximate surface area is 138 Å². The molecule has 7 heteroatoms. The van der Waals surface area contributed by atoms with Gasteiger partial charge < -0.3 is 9.64 Å². The Morgan fingerprint density at radius 2 is 1.96 bits per heavy atom. The summed E-state index contributed by atoms with van der Waals surface area (Å²) in [5.74, 6) is 0.00412. The smallest absolute Gasteiger partial charge is 0.293 e. The average Bonchev–Trinajstić information content (AvgIpc) is 2.66. The molecule has 0 unspecified atom stereocenters. The van der Waals surface area contributed by atoms with E-state index in [9.17, 15) is 9.59 Å². The number of nitrogens with zero attached hydrogens (tertiary/aromatic N) is 2. The van der Waals surface area contributed by atoms with Gasteiger partial charge in [0.15, 0.2) is 0 Å². The molecule has 2 amide bonds. The molecule has 1 aromatic heterocycles. The van der Waals surface area contributed by atoms with E-state index in [1.54, 1.807) is 47.8 Å². The van der Waals surface area contributed by atoms with Crippen molar-refractivity contribution in [3.05, 3.63) is 58.9 Å². The van der Waals surface area contributed by atoms with Crippen LogP contribution in [0.4, 0.5) is 0 Å². The van der Waals surface area contributed by atoms with Gasteiger partial charge in [-0.2, -0.15) is 0 Å². The van der Waals surface area contributed by atoms with Gasteiger partial charge in [0, 0.05) is 30.8 Å². The number of benzene rings is 1. The Bertz CT molecular complexity index is 774. The second-order valence-corrected chi connectivity index (χ2v) is 5.45. The highest BCUT2D eigenvalue weighted by Crippen LogP contribution is 2.20. The summed E-state index contributed by atoms with van der Waals surface area (Å²) in [6, 6.07) is 10.3. The molecule has 0 aliphatic carbocycles. The highest BCUT2D eigenvalue weighted by molar-refractivity contribution is 5.94. The summed E-state index contributed by atoms with van der Waals surface area (Å²) in [5.41, 5.74) is 4.00. The number of hydroxylamine groups is 1. The Kier molecular flexibility index (Phi) is 4.43. The summed E-state index contributed by atoms with van der Waals surface area (Å²) >= 11 is 0. The highest BCUT2D eigenvalue weighted by Gasteiger charge is 2.23. The van der Waals surface area contributed by atoms with Gasteiger partial charge in [0.1, 0.15) is 11.4 Å². The first-order chi connectivity index (χ1) is 11.6. The van der Waals surface area contributed by atoms with Crippen molar-refractivity contribution in [2.45, 2.75) is 13.0 Å². The Balaban J connectivity index is 1.76. The molecular formula is C17H17N3O4. The van der Waals surface area contributed by atoms with E-state index < -0.39 is 5.91 Å². The number of fused-ring (bicyclic) bond motifs is 1. The fourth-order valence-corrected chi connectivity index (χ4v) is 2.69. The SMILES string of the molecule is COc1ccc(C(=O)N2CCc3nc(C(=O)NO)ccc3C2)cc1. The predicted molar refractivity (Wildman–Crippen MR) is 84.9 cm³/mol. The van der Waals surface area contributed by atoms with Gasteiger partial charge >= 0.3 is 0 Å². The standard InChI is InChI=1S/C17H17N3O4/c1-24-13-5-2-11(3-6-13)17(22)20-9-8-14-12(10-20)4-7-15(18-14)16(21)19-23/h2-7,23H,8-10H2,1H3,(H,19,21). The van der Waals surface area contributed by atoms with Crippen molar-refractivity contribution in [1.29, 1.82) is 0 Å². The molecule has 124 valence electrons. The largest absolute Gasteiger partial charge is 0.497 e. The second-order valence-electron chi connectivity index (χ2n) is 5.45. The fraction of sp³-hybridized carbons (Fsp3) is 0.235. The zero-order valence-electron chi connectivity index (χ0n) is 13.2. The number of nitrogens with one attached hydrogen (secondary N) is 1. The first-order valence-corrected chi connectivity index (χ1v) is 7.49. The van der Waals surface area contributed by atoms with Gasteiger partial charge in [-0.3, -0.25) is 14.8 Å². The highest BCUT2D eigenvalue weighted by atomic mass is 16.5. The number of methoxy groups -OCH3 is 1. The molecule has 0 saturated carbocycles. The molecule has 2 N–H and O–H groups in total. The molecule has 1 aliphatic heterocycles. The molecule has 0 spiro atoms. The third-order valence-electron chi connectivity index (χ3n) is 4.01. The van der Waals surface area contributed by atoms with Crippen molar-refractivity contribution in [2.75, 3.05) is 13.7 Å². The quantitative estimate of drug-likeness (QED) is 0.657. The Hall–Kier alpha value is -2.93. The van der Waals surface area contributed by atoms with Crippen molar-refractivity contribution in [3.8, 4) is 5.75 Å². The molecule has 7 nitrogen and oxygen atoms in total. The van der Waals surface area contributed by atoms with Gasteiger partial charge in [-0.15, -0.1) is 0 Å². The van der Waals surface area contributed by atoms with Crippen LogP contribution in [0.25, 0.3) is 0 Å². The maximum absolute atomic E-state index is 12.6. The van der Waals surface area contributed by atoms with E-state index in [1.165, 1.54) is 6.07 Å². The van der Waals surface area contributed by atoms with Gasteiger partial charge in [-0.05, 0) is 35.9 Å². The zero-order valence-corrected chi connectivity index (χ0v) is 13.2. The predicted octanol–water partition coefficient (Wildman–Crippen LogP) is 1.41. The number of carbonyl (C=O) groups excluding carboxylic acids is 2. The van der Waals surface area contributed by atoms with E-state index in [2.05, 4.69) is 4.98 Å². The second kappa shape index (κ2) is 6.67. The molecule has 1 aromatic carbocycles. The molecule has 24 heavy (non-hydrogen) atoms. The van der Waals surface area contributed by atoms with Crippen LogP contribution in [0.5, 0.6) is 5.75 Å². The van der Waals surface area contributed by atoms with E-state index in [0.29, 0.717) is 30.8 Å². The van der Waals surface area contributed by atoms with Crippen molar-refractivity contribution < 1.29 is 19.5 Å². The molecule has 0 bridgehead atoms. The van der Waals surface area contributed by atoms with Crippen molar-refractivity contribution in [3.63, 3.8) is 0 Å². The maximum atomic E-state index is 12.6. The van der Waals surface area contributed by atoms with Crippen LogP contribution >= 0.6 is 0 Å². The van der Waals surface area contributed by atoms with Crippen LogP contribution in [0.3, 0.4) is 0 Å². The van der Waals surface area contributed by atoms with E-state index in [4.69, 9.17) is 9.94 Å². The Morgan fingerprint density at radius 3 is 2.62 bits per heavy atom. The zero-order chi connectivity index (χ0) is 17.1. The van der Waals surface area contributed by atoms with E-state index >= 15 is 0 Å². The van der Waals surface area contributed by atoms with Gasteiger partial charge in [0.05, 0.1) is 7.11 Å². The number of hydrogen-bond acceptors (Lipinski definition) is 5. The fourth-order valence-electron chi connectivity index (χ4n) is 2.69. The van der Waals surface area contributed by atoms with Gasteiger partial charge in [0.25, 0.3) is 11.8 Å². The van der Waals surface area contributed by atoms with Gasteiger partial charge in [0.2, 0.25) is 0 Å². The minimum absolute atomic E-state index is 0.0551. The topological polar surface area (TPSA) is 91.8 Å². The molecule has 0 saturated heterocycles. The van der Waals surface area contributed by atoms with Crippen LogP contribution in [0, 0.1) is 0 Å². The van der Waals surface area contributed by atoms with E-state index in [1.807, 2.05) is 0 Å². The van der Waals surface area contributed by atoms with Crippen LogP contribution in [0.15, 0.2) is 36.4 Å². The number of pyridine rings is 1. The lowest BCUT2D eigenvalue weighted by molar-refractivity contribution is 0.0695. The number of hydrogen-bond donors (Lipinski definition) is 2. The van der Waals surface area contributed by atoms with Crippen molar-refractivity contribution >= 4 is 11.8 Å². The molecular weight excluding hydrogens is 310 g/mol. The van der Waals surface area contributed by atoms with Gasteiger partial charge in [-0.1, -0.05) is 6.07 Å². The molecule has 2 aromatic rings. The summed E-state index contributed by atoms with van der Waals surface area (Å²) in [6.07, 6.45) is 0.559. The van der Waals surface area contributed by atoms with Crippen LogP contribution < -0.4 is 10.2 Å². The average molecular weight is 327 g/mol. The number of amides is 2. The third-order valence-corrected chi connectivity index (χ3v) is 4.01.